The van der Waals surface area contributed by atoms with Gasteiger partial charge in [0.15, 0.2) is 0 Å². The van der Waals surface area contributed by atoms with E-state index in [9.17, 15) is 4.21 Å². The summed E-state index contributed by atoms with van der Waals surface area (Å²) in [5.74, 6) is 2.99. The molecule has 0 spiro atoms. The van der Waals surface area contributed by atoms with Gasteiger partial charge in [-0.25, -0.2) is 0 Å². The summed E-state index contributed by atoms with van der Waals surface area (Å²) in [6, 6.07) is 0. The molecule has 2 atom stereocenters. The van der Waals surface area contributed by atoms with Gasteiger partial charge in [0, 0.05) is 16.6 Å². The summed E-state index contributed by atoms with van der Waals surface area (Å²) in [5.41, 5.74) is 0. The molecule has 1 aliphatic heterocycles. The molecule has 2 fully saturated rings. The van der Waals surface area contributed by atoms with Crippen LogP contribution in [0.3, 0.4) is 0 Å². The van der Waals surface area contributed by atoms with Gasteiger partial charge in [0.1, 0.15) is 0 Å². The first-order valence-electron chi connectivity index (χ1n) is 5.37. The van der Waals surface area contributed by atoms with Crippen LogP contribution >= 0.6 is 11.8 Å². The van der Waals surface area contributed by atoms with E-state index < -0.39 is 10.8 Å². The van der Waals surface area contributed by atoms with Crippen molar-refractivity contribution in [3.8, 4) is 0 Å². The molecule has 2 aliphatic rings. The van der Waals surface area contributed by atoms with Crippen molar-refractivity contribution in [2.45, 2.75) is 43.1 Å². The summed E-state index contributed by atoms with van der Waals surface area (Å²) >= 11 is 1.98. The topological polar surface area (TPSA) is 17.1 Å². The molecule has 1 saturated heterocycles. The summed E-state index contributed by atoms with van der Waals surface area (Å²) < 4.78 is 12.3. The Bertz CT molecular complexity index is 187. The second-order valence-electron chi connectivity index (χ2n) is 4.08. The van der Waals surface area contributed by atoms with Crippen LogP contribution in [0, 0.1) is 5.92 Å². The molecule has 1 heterocycles. The van der Waals surface area contributed by atoms with Gasteiger partial charge in [-0.1, -0.05) is 19.3 Å². The summed E-state index contributed by atoms with van der Waals surface area (Å²) in [5, 5.41) is 0. The smallest absolute Gasteiger partial charge is 0.0829 e. The van der Waals surface area contributed by atoms with Gasteiger partial charge >= 0.3 is 0 Å². The molecule has 0 bridgehead atoms. The van der Waals surface area contributed by atoms with Crippen LogP contribution in [0.5, 0.6) is 0 Å². The molecule has 0 N–H and O–H groups in total. The minimum absolute atomic E-state index is 0.494. The predicted octanol–water partition coefficient (Wildman–Crippen LogP) is 2.78. The van der Waals surface area contributed by atoms with Crippen LogP contribution in [0.4, 0.5) is 0 Å². The molecule has 0 aromatic carbocycles. The van der Waals surface area contributed by atoms with Crippen molar-refractivity contribution in [1.29, 1.82) is 0 Å². The fourth-order valence-corrected chi connectivity index (χ4v) is 6.17. The quantitative estimate of drug-likeness (QED) is 0.673. The number of rotatable bonds is 1. The van der Waals surface area contributed by atoms with E-state index in [1.807, 2.05) is 11.8 Å². The third-order valence-electron chi connectivity index (χ3n) is 3.07. The Balaban J connectivity index is 1.92. The molecule has 2 rings (SSSR count). The molecule has 0 aromatic heterocycles. The maximum atomic E-state index is 11.8. The Hall–Kier alpha value is 0.500. The average Bonchev–Trinajstić information content (AvgIpc) is 2.20. The van der Waals surface area contributed by atoms with Gasteiger partial charge in [0.25, 0.3) is 0 Å². The lowest BCUT2D eigenvalue weighted by molar-refractivity contribution is 0.377. The standard InChI is InChI=1S/C10H18OS2/c11-13-8-4-7-12-10(13)9-5-2-1-3-6-9/h9-10H,1-8H2. The largest absolute Gasteiger partial charge is 0.258 e. The normalized spacial score (nSPS) is 37.5. The van der Waals surface area contributed by atoms with E-state index in [1.54, 1.807) is 0 Å². The van der Waals surface area contributed by atoms with Crippen molar-refractivity contribution in [2.75, 3.05) is 11.5 Å². The average molecular weight is 218 g/mol. The van der Waals surface area contributed by atoms with Crippen molar-refractivity contribution < 1.29 is 4.21 Å². The zero-order chi connectivity index (χ0) is 9.10. The molecule has 1 aliphatic carbocycles. The van der Waals surface area contributed by atoms with Crippen LogP contribution in [0.15, 0.2) is 0 Å². The van der Waals surface area contributed by atoms with Gasteiger partial charge in [0.2, 0.25) is 0 Å². The van der Waals surface area contributed by atoms with Gasteiger partial charge in [-0.2, -0.15) is 0 Å². The number of hydrogen-bond acceptors (Lipinski definition) is 2. The third-order valence-corrected chi connectivity index (χ3v) is 6.95. The van der Waals surface area contributed by atoms with Gasteiger partial charge < -0.3 is 0 Å². The molecular weight excluding hydrogens is 200 g/mol. The zero-order valence-electron chi connectivity index (χ0n) is 8.04. The Labute approximate surface area is 87.5 Å². The molecule has 0 radical (unpaired) electrons. The van der Waals surface area contributed by atoms with Crippen molar-refractivity contribution in [3.63, 3.8) is 0 Å². The van der Waals surface area contributed by atoms with Crippen molar-refractivity contribution in [1.82, 2.24) is 0 Å². The maximum absolute atomic E-state index is 11.8. The highest BCUT2D eigenvalue weighted by atomic mass is 32.2. The minimum atomic E-state index is -0.513. The monoisotopic (exact) mass is 218 g/mol. The van der Waals surface area contributed by atoms with E-state index in [0.717, 1.165) is 11.7 Å². The van der Waals surface area contributed by atoms with Crippen LogP contribution in [-0.2, 0) is 10.8 Å². The molecule has 0 amide bonds. The highest BCUT2D eigenvalue weighted by Crippen LogP contribution is 2.36. The first kappa shape index (κ1) is 10.0. The lowest BCUT2D eigenvalue weighted by atomic mass is 9.91. The summed E-state index contributed by atoms with van der Waals surface area (Å²) in [6.45, 7) is 0. The van der Waals surface area contributed by atoms with Crippen LogP contribution in [0.1, 0.15) is 38.5 Å². The fraction of sp³-hybridized carbons (Fsp3) is 1.00. The SMILES string of the molecule is O=S1CCCSC1C1CCCCC1. The summed E-state index contributed by atoms with van der Waals surface area (Å²) in [7, 11) is -0.513. The van der Waals surface area contributed by atoms with Gasteiger partial charge in [0.05, 0.1) is 4.58 Å². The Morgan fingerprint density at radius 2 is 1.85 bits per heavy atom. The molecule has 2 unspecified atom stereocenters. The Morgan fingerprint density at radius 3 is 2.54 bits per heavy atom. The lowest BCUT2D eigenvalue weighted by Crippen LogP contribution is -2.29. The van der Waals surface area contributed by atoms with E-state index in [1.165, 1.54) is 44.3 Å². The molecule has 1 nitrogen and oxygen atoms in total. The van der Waals surface area contributed by atoms with Crippen LogP contribution < -0.4 is 0 Å². The van der Waals surface area contributed by atoms with Crippen molar-refractivity contribution >= 4 is 22.6 Å². The molecule has 3 heteroatoms. The van der Waals surface area contributed by atoms with E-state index >= 15 is 0 Å². The molecular formula is C10H18OS2. The van der Waals surface area contributed by atoms with Gasteiger partial charge in [-0.3, -0.25) is 4.21 Å². The van der Waals surface area contributed by atoms with Crippen LogP contribution in [0.25, 0.3) is 0 Å². The molecule has 1 saturated carbocycles. The van der Waals surface area contributed by atoms with Crippen LogP contribution in [-0.4, -0.2) is 20.3 Å². The fourth-order valence-electron chi connectivity index (χ4n) is 2.35. The van der Waals surface area contributed by atoms with E-state index in [0.29, 0.717) is 4.58 Å². The lowest BCUT2D eigenvalue weighted by Gasteiger charge is -2.31. The summed E-state index contributed by atoms with van der Waals surface area (Å²) in [4.78, 5) is 0. The molecule has 76 valence electrons. The van der Waals surface area contributed by atoms with Crippen molar-refractivity contribution in [2.24, 2.45) is 5.92 Å². The molecule has 0 aromatic rings. The van der Waals surface area contributed by atoms with Gasteiger partial charge in [-0.05, 0) is 30.9 Å². The second kappa shape index (κ2) is 4.83. The first-order valence-corrected chi connectivity index (χ1v) is 7.80. The second-order valence-corrected chi connectivity index (χ2v) is 7.30. The van der Waals surface area contributed by atoms with E-state index in [4.69, 9.17) is 0 Å². The van der Waals surface area contributed by atoms with E-state index in [-0.39, 0.29) is 0 Å². The maximum Gasteiger partial charge on any atom is 0.0829 e. The van der Waals surface area contributed by atoms with Crippen molar-refractivity contribution in [3.05, 3.63) is 0 Å². The minimum Gasteiger partial charge on any atom is -0.258 e. The first-order chi connectivity index (χ1) is 6.38. The Kier molecular flexibility index (Phi) is 3.73. The molecule has 13 heavy (non-hydrogen) atoms. The Morgan fingerprint density at radius 1 is 1.08 bits per heavy atom. The third kappa shape index (κ3) is 2.50. The predicted molar refractivity (Wildman–Crippen MR) is 60.4 cm³/mol. The summed E-state index contributed by atoms with van der Waals surface area (Å²) in [6.07, 6.45) is 7.99. The zero-order valence-corrected chi connectivity index (χ0v) is 9.67. The van der Waals surface area contributed by atoms with Crippen LogP contribution in [0.2, 0.25) is 0 Å². The number of hydrogen-bond donors (Lipinski definition) is 0. The van der Waals surface area contributed by atoms with E-state index in [2.05, 4.69) is 0 Å². The highest BCUT2D eigenvalue weighted by molar-refractivity contribution is 8.11. The van der Waals surface area contributed by atoms with Gasteiger partial charge in [-0.15, -0.1) is 11.8 Å². The number of thioether (sulfide) groups is 1. The highest BCUT2D eigenvalue weighted by Gasteiger charge is 2.30.